The van der Waals surface area contributed by atoms with E-state index in [1.54, 1.807) is 31.4 Å². The van der Waals surface area contributed by atoms with Crippen LogP contribution in [-0.4, -0.2) is 33.9 Å². The molecule has 5 heteroatoms. The van der Waals surface area contributed by atoms with Gasteiger partial charge in [-0.3, -0.25) is 0 Å². The van der Waals surface area contributed by atoms with Crippen LogP contribution in [0.15, 0.2) is 29.2 Å². The second-order valence-electron chi connectivity index (χ2n) is 3.84. The zero-order chi connectivity index (χ0) is 11.6. The van der Waals surface area contributed by atoms with Crippen LogP contribution in [0.2, 0.25) is 0 Å². The summed E-state index contributed by atoms with van der Waals surface area (Å²) in [6, 6.07) is 6.56. The molecule has 0 spiro atoms. The summed E-state index contributed by atoms with van der Waals surface area (Å²) in [7, 11) is -1.62. The number of hydrogen-bond donors (Lipinski definition) is 1. The molecule has 1 aromatic rings. The predicted molar refractivity (Wildman–Crippen MR) is 61.5 cm³/mol. The summed E-state index contributed by atoms with van der Waals surface area (Å²) < 4.78 is 29.3. The second-order valence-corrected chi connectivity index (χ2v) is 6.06. The number of nitrogens with one attached hydrogen (secondary N) is 1. The van der Waals surface area contributed by atoms with Crippen molar-refractivity contribution >= 4 is 9.84 Å². The smallest absolute Gasteiger partial charge is 0.182 e. The number of sulfone groups is 1. The molecule has 16 heavy (non-hydrogen) atoms. The Morgan fingerprint density at radius 2 is 2.00 bits per heavy atom. The average Bonchev–Trinajstić information content (AvgIpc) is 2.83. The first kappa shape index (κ1) is 11.4. The van der Waals surface area contributed by atoms with Gasteiger partial charge in [0.05, 0.1) is 17.3 Å². The first-order valence-electron chi connectivity index (χ1n) is 5.23. The van der Waals surface area contributed by atoms with Crippen molar-refractivity contribution in [2.45, 2.75) is 16.6 Å². The molecule has 0 amide bonds. The Kier molecular flexibility index (Phi) is 3.16. The van der Waals surface area contributed by atoms with E-state index in [0.717, 1.165) is 6.54 Å². The van der Waals surface area contributed by atoms with Gasteiger partial charge in [0, 0.05) is 6.54 Å². The first-order chi connectivity index (χ1) is 7.64. The average molecular weight is 241 g/mol. The Bertz CT molecular complexity index is 447. The SMILES string of the molecule is COc1ccc(S(=O)(=O)[C@@H]2CCNC2)cc1. The Morgan fingerprint density at radius 1 is 1.31 bits per heavy atom. The minimum atomic E-state index is -3.18. The van der Waals surface area contributed by atoms with Gasteiger partial charge < -0.3 is 10.1 Å². The van der Waals surface area contributed by atoms with E-state index in [4.69, 9.17) is 4.74 Å². The van der Waals surface area contributed by atoms with Crippen molar-refractivity contribution in [1.82, 2.24) is 5.32 Å². The number of rotatable bonds is 3. The third kappa shape index (κ3) is 2.05. The van der Waals surface area contributed by atoms with Gasteiger partial charge in [0.15, 0.2) is 9.84 Å². The van der Waals surface area contributed by atoms with Crippen LogP contribution >= 0.6 is 0 Å². The zero-order valence-electron chi connectivity index (χ0n) is 9.14. The van der Waals surface area contributed by atoms with E-state index in [1.807, 2.05) is 0 Å². The van der Waals surface area contributed by atoms with Crippen molar-refractivity contribution in [2.75, 3.05) is 20.2 Å². The molecule has 1 fully saturated rings. The summed E-state index contributed by atoms with van der Waals surface area (Å²) >= 11 is 0. The first-order valence-corrected chi connectivity index (χ1v) is 6.78. The van der Waals surface area contributed by atoms with Crippen molar-refractivity contribution in [1.29, 1.82) is 0 Å². The van der Waals surface area contributed by atoms with Gasteiger partial charge in [0.25, 0.3) is 0 Å². The third-order valence-corrected chi connectivity index (χ3v) is 5.05. The molecule has 0 unspecified atom stereocenters. The van der Waals surface area contributed by atoms with Gasteiger partial charge in [-0.15, -0.1) is 0 Å². The van der Waals surface area contributed by atoms with Crippen LogP contribution in [0, 0.1) is 0 Å². The van der Waals surface area contributed by atoms with Gasteiger partial charge in [-0.05, 0) is 37.2 Å². The number of benzene rings is 1. The molecule has 1 aliphatic rings. The molecule has 1 aromatic carbocycles. The fraction of sp³-hybridized carbons (Fsp3) is 0.455. The van der Waals surface area contributed by atoms with Crippen molar-refractivity contribution in [2.24, 2.45) is 0 Å². The summed E-state index contributed by atoms with van der Waals surface area (Å²) in [5.74, 6) is 0.670. The molecule has 1 saturated heterocycles. The largest absolute Gasteiger partial charge is 0.497 e. The van der Waals surface area contributed by atoms with Crippen molar-refractivity contribution in [3.8, 4) is 5.75 Å². The molecule has 0 radical (unpaired) electrons. The summed E-state index contributed by atoms with van der Waals surface area (Å²) in [5.41, 5.74) is 0. The van der Waals surface area contributed by atoms with Crippen molar-refractivity contribution in [3.05, 3.63) is 24.3 Å². The lowest BCUT2D eigenvalue weighted by atomic mass is 10.3. The van der Waals surface area contributed by atoms with Crippen LogP contribution in [0.25, 0.3) is 0 Å². The maximum atomic E-state index is 12.2. The predicted octanol–water partition coefficient (Wildman–Crippen LogP) is 0.831. The van der Waals surface area contributed by atoms with E-state index >= 15 is 0 Å². The highest BCUT2D eigenvalue weighted by Crippen LogP contribution is 2.22. The van der Waals surface area contributed by atoms with E-state index < -0.39 is 9.84 Å². The van der Waals surface area contributed by atoms with Crippen molar-refractivity contribution in [3.63, 3.8) is 0 Å². The van der Waals surface area contributed by atoms with Crippen LogP contribution in [0.1, 0.15) is 6.42 Å². The third-order valence-electron chi connectivity index (χ3n) is 2.84. The molecule has 1 aliphatic heterocycles. The van der Waals surface area contributed by atoms with Gasteiger partial charge in [0.2, 0.25) is 0 Å². The fourth-order valence-corrected chi connectivity index (χ4v) is 3.52. The maximum Gasteiger partial charge on any atom is 0.182 e. The Hall–Kier alpha value is -1.07. The van der Waals surface area contributed by atoms with Crippen LogP contribution in [0.5, 0.6) is 5.75 Å². The molecule has 0 bridgehead atoms. The summed E-state index contributed by atoms with van der Waals surface area (Å²) in [6.07, 6.45) is 0.689. The van der Waals surface area contributed by atoms with E-state index in [1.165, 1.54) is 0 Å². The van der Waals surface area contributed by atoms with Gasteiger partial charge >= 0.3 is 0 Å². The summed E-state index contributed by atoms with van der Waals surface area (Å²) in [4.78, 5) is 0.377. The van der Waals surface area contributed by atoms with E-state index in [9.17, 15) is 8.42 Å². The highest BCUT2D eigenvalue weighted by atomic mass is 32.2. The molecular formula is C11H15NO3S. The minimum Gasteiger partial charge on any atom is -0.497 e. The van der Waals surface area contributed by atoms with Crippen LogP contribution in [0.3, 0.4) is 0 Å². The van der Waals surface area contributed by atoms with E-state index in [2.05, 4.69) is 5.32 Å². The number of hydrogen-bond acceptors (Lipinski definition) is 4. The lowest BCUT2D eigenvalue weighted by Crippen LogP contribution is -2.23. The van der Waals surface area contributed by atoms with Crippen LogP contribution < -0.4 is 10.1 Å². The molecule has 2 rings (SSSR count). The number of ether oxygens (including phenoxy) is 1. The molecule has 0 aliphatic carbocycles. The molecule has 1 N–H and O–H groups in total. The Labute approximate surface area is 95.5 Å². The quantitative estimate of drug-likeness (QED) is 0.851. The lowest BCUT2D eigenvalue weighted by Gasteiger charge is -2.10. The lowest BCUT2D eigenvalue weighted by molar-refractivity contribution is 0.414. The molecule has 0 aromatic heterocycles. The topological polar surface area (TPSA) is 55.4 Å². The Morgan fingerprint density at radius 3 is 2.50 bits per heavy atom. The monoisotopic (exact) mass is 241 g/mol. The second kappa shape index (κ2) is 4.43. The highest BCUT2D eigenvalue weighted by molar-refractivity contribution is 7.92. The Balaban J connectivity index is 2.28. The van der Waals surface area contributed by atoms with Gasteiger partial charge in [-0.2, -0.15) is 0 Å². The normalized spacial score (nSPS) is 20.9. The standard InChI is InChI=1S/C11H15NO3S/c1-15-9-2-4-10(5-3-9)16(13,14)11-6-7-12-8-11/h2-5,11-12H,6-8H2,1H3/t11-/m1/s1. The minimum absolute atomic E-state index is 0.291. The summed E-state index contributed by atoms with van der Waals surface area (Å²) in [6.45, 7) is 1.33. The molecule has 0 saturated carbocycles. The maximum absolute atomic E-state index is 12.2. The van der Waals surface area contributed by atoms with Gasteiger partial charge in [-0.1, -0.05) is 0 Å². The molecule has 4 nitrogen and oxygen atoms in total. The fourth-order valence-electron chi connectivity index (χ4n) is 1.85. The van der Waals surface area contributed by atoms with Crippen LogP contribution in [-0.2, 0) is 9.84 Å². The molecule has 1 heterocycles. The summed E-state index contributed by atoms with van der Waals surface area (Å²) in [5, 5.41) is 2.78. The highest BCUT2D eigenvalue weighted by Gasteiger charge is 2.29. The number of methoxy groups -OCH3 is 1. The zero-order valence-corrected chi connectivity index (χ0v) is 9.96. The van der Waals surface area contributed by atoms with Gasteiger partial charge in [-0.25, -0.2) is 8.42 Å². The van der Waals surface area contributed by atoms with E-state index in [-0.39, 0.29) is 5.25 Å². The molecular weight excluding hydrogens is 226 g/mol. The van der Waals surface area contributed by atoms with Crippen LogP contribution in [0.4, 0.5) is 0 Å². The van der Waals surface area contributed by atoms with Crippen molar-refractivity contribution < 1.29 is 13.2 Å². The van der Waals surface area contributed by atoms with E-state index in [0.29, 0.717) is 23.6 Å². The van der Waals surface area contributed by atoms with Gasteiger partial charge in [0.1, 0.15) is 5.75 Å². The molecule has 88 valence electrons. The molecule has 1 atom stereocenters.